The van der Waals surface area contributed by atoms with Gasteiger partial charge >= 0.3 is 11.9 Å². The summed E-state index contributed by atoms with van der Waals surface area (Å²) in [4.78, 5) is 23.3. The lowest BCUT2D eigenvalue weighted by Gasteiger charge is -2.29. The second-order valence-corrected chi connectivity index (χ2v) is 6.86. The van der Waals surface area contributed by atoms with Gasteiger partial charge in [-0.15, -0.1) is 0 Å². The third-order valence-electron chi connectivity index (χ3n) is 5.75. The molecule has 5 nitrogen and oxygen atoms in total. The van der Waals surface area contributed by atoms with Crippen LogP contribution in [0.3, 0.4) is 0 Å². The van der Waals surface area contributed by atoms with E-state index in [9.17, 15) is 19.8 Å². The minimum absolute atomic E-state index is 0.00128. The normalized spacial score (nSPS) is 30.9. The van der Waals surface area contributed by atoms with E-state index in [4.69, 9.17) is 0 Å². The topological polar surface area (TPSA) is 86.6 Å². The smallest absolute Gasteiger partial charge is 0.324 e. The molecule has 4 rings (SSSR count). The van der Waals surface area contributed by atoms with Crippen LogP contribution in [-0.4, -0.2) is 27.7 Å². The third-order valence-corrected chi connectivity index (χ3v) is 5.75. The number of hydrogen-bond acceptors (Lipinski definition) is 3. The SMILES string of the molecule is O=C(O)C1C2CCC(NCc3cccc4ccccc34)(C(=O)O)C21. The summed E-state index contributed by atoms with van der Waals surface area (Å²) in [7, 11) is 0. The van der Waals surface area contributed by atoms with Crippen molar-refractivity contribution in [1.29, 1.82) is 0 Å². The predicted octanol–water partition coefficient (Wildman–Crippen LogP) is 2.49. The number of aliphatic carboxylic acids is 2. The molecular weight excluding hydrogens is 306 g/mol. The summed E-state index contributed by atoms with van der Waals surface area (Å²) in [6.07, 6.45) is 1.16. The molecule has 2 saturated carbocycles. The fourth-order valence-corrected chi connectivity index (χ4v) is 4.53. The van der Waals surface area contributed by atoms with Gasteiger partial charge in [-0.25, -0.2) is 0 Å². The Morgan fingerprint density at radius 2 is 1.88 bits per heavy atom. The summed E-state index contributed by atoms with van der Waals surface area (Å²) in [5.41, 5.74) is -0.0882. The minimum Gasteiger partial charge on any atom is -0.481 e. The number of nitrogens with one attached hydrogen (secondary N) is 1. The average Bonchev–Trinajstić information content (AvgIpc) is 3.19. The molecule has 0 spiro atoms. The Morgan fingerprint density at radius 1 is 1.12 bits per heavy atom. The van der Waals surface area contributed by atoms with E-state index in [-0.39, 0.29) is 11.8 Å². The van der Waals surface area contributed by atoms with Crippen LogP contribution in [0.15, 0.2) is 42.5 Å². The lowest BCUT2D eigenvalue weighted by atomic mass is 9.89. The molecule has 124 valence electrons. The zero-order valence-electron chi connectivity index (χ0n) is 13.1. The van der Waals surface area contributed by atoms with Gasteiger partial charge in [-0.2, -0.15) is 0 Å². The second kappa shape index (κ2) is 5.31. The lowest BCUT2D eigenvalue weighted by molar-refractivity contribution is -0.147. The summed E-state index contributed by atoms with van der Waals surface area (Å²) in [5.74, 6) is -2.63. The first-order valence-electron chi connectivity index (χ1n) is 8.22. The lowest BCUT2D eigenvalue weighted by Crippen LogP contribution is -2.53. The number of carboxylic acid groups (broad SMARTS) is 2. The van der Waals surface area contributed by atoms with E-state index in [1.165, 1.54) is 0 Å². The Morgan fingerprint density at radius 3 is 2.58 bits per heavy atom. The number of carbonyl (C=O) groups is 2. The van der Waals surface area contributed by atoms with Crippen LogP contribution in [-0.2, 0) is 16.1 Å². The average molecular weight is 325 g/mol. The van der Waals surface area contributed by atoms with Crippen molar-refractivity contribution in [3.8, 4) is 0 Å². The maximum Gasteiger partial charge on any atom is 0.324 e. The van der Waals surface area contributed by atoms with Crippen LogP contribution in [0, 0.1) is 17.8 Å². The van der Waals surface area contributed by atoms with Crippen LogP contribution in [0.1, 0.15) is 18.4 Å². The predicted molar refractivity (Wildman–Crippen MR) is 88.5 cm³/mol. The molecule has 0 bridgehead atoms. The molecule has 0 aliphatic heterocycles. The molecule has 0 heterocycles. The van der Waals surface area contributed by atoms with Crippen LogP contribution >= 0.6 is 0 Å². The van der Waals surface area contributed by atoms with Crippen LogP contribution in [0.5, 0.6) is 0 Å². The van der Waals surface area contributed by atoms with Gasteiger partial charge in [0.25, 0.3) is 0 Å². The van der Waals surface area contributed by atoms with E-state index in [0.717, 1.165) is 16.3 Å². The van der Waals surface area contributed by atoms with Crippen molar-refractivity contribution in [3.05, 3.63) is 48.0 Å². The first kappa shape index (κ1) is 15.1. The van der Waals surface area contributed by atoms with Gasteiger partial charge < -0.3 is 10.2 Å². The van der Waals surface area contributed by atoms with E-state index in [1.807, 2.05) is 42.5 Å². The van der Waals surface area contributed by atoms with Gasteiger partial charge in [0.2, 0.25) is 0 Å². The number of carboxylic acids is 2. The molecule has 3 N–H and O–H groups in total. The minimum atomic E-state index is -1.12. The highest BCUT2D eigenvalue weighted by molar-refractivity contribution is 5.87. The highest BCUT2D eigenvalue weighted by Crippen LogP contribution is 2.62. The van der Waals surface area contributed by atoms with E-state index >= 15 is 0 Å². The van der Waals surface area contributed by atoms with Gasteiger partial charge in [-0.1, -0.05) is 42.5 Å². The van der Waals surface area contributed by atoms with Gasteiger partial charge in [0.05, 0.1) is 5.92 Å². The molecule has 0 amide bonds. The molecular formula is C19H19NO4. The molecule has 2 aliphatic carbocycles. The molecule has 5 heteroatoms. The number of rotatable bonds is 5. The van der Waals surface area contributed by atoms with Crippen LogP contribution in [0.2, 0.25) is 0 Å². The Bertz CT molecular complexity index is 828. The highest BCUT2D eigenvalue weighted by atomic mass is 16.4. The zero-order chi connectivity index (χ0) is 16.9. The maximum absolute atomic E-state index is 12.0. The molecule has 2 aromatic rings. The van der Waals surface area contributed by atoms with Crippen molar-refractivity contribution in [2.45, 2.75) is 24.9 Å². The summed E-state index contributed by atoms with van der Waals surface area (Å²) in [5, 5.41) is 24.5. The quantitative estimate of drug-likeness (QED) is 0.786. The molecule has 2 aromatic carbocycles. The van der Waals surface area contributed by atoms with E-state index in [0.29, 0.717) is 19.4 Å². The summed E-state index contributed by atoms with van der Waals surface area (Å²) >= 11 is 0. The van der Waals surface area contributed by atoms with Crippen molar-refractivity contribution in [2.75, 3.05) is 0 Å². The van der Waals surface area contributed by atoms with Gasteiger partial charge in [0.15, 0.2) is 0 Å². The van der Waals surface area contributed by atoms with E-state index < -0.39 is 23.4 Å². The van der Waals surface area contributed by atoms with Crippen LogP contribution in [0.4, 0.5) is 0 Å². The summed E-state index contributed by atoms with van der Waals surface area (Å²) in [6, 6.07) is 14.0. The van der Waals surface area contributed by atoms with Crippen LogP contribution < -0.4 is 5.32 Å². The molecule has 0 radical (unpaired) electrons. The monoisotopic (exact) mass is 325 g/mol. The summed E-state index contributed by atoms with van der Waals surface area (Å²) in [6.45, 7) is 0.420. The fourth-order valence-electron chi connectivity index (χ4n) is 4.53. The molecule has 2 fully saturated rings. The standard InChI is InChI=1S/C19H19NO4/c21-17(22)15-14-8-9-19(16(14)15,18(23)24)20-10-12-6-3-5-11-4-1-2-7-13(11)12/h1-7,14-16,20H,8-10H2,(H,21,22)(H,23,24). The Kier molecular flexibility index (Phi) is 3.35. The van der Waals surface area contributed by atoms with Gasteiger partial charge in [0.1, 0.15) is 5.54 Å². The van der Waals surface area contributed by atoms with Crippen molar-refractivity contribution in [1.82, 2.24) is 5.32 Å². The van der Waals surface area contributed by atoms with Gasteiger partial charge in [0, 0.05) is 12.5 Å². The number of fused-ring (bicyclic) bond motifs is 2. The molecule has 0 saturated heterocycles. The molecule has 0 aromatic heterocycles. The number of benzene rings is 2. The van der Waals surface area contributed by atoms with E-state index in [1.54, 1.807) is 0 Å². The van der Waals surface area contributed by atoms with Crippen molar-refractivity contribution >= 4 is 22.7 Å². The first-order valence-corrected chi connectivity index (χ1v) is 8.22. The number of hydrogen-bond donors (Lipinski definition) is 3. The Hall–Kier alpha value is -2.40. The molecule has 4 unspecified atom stereocenters. The maximum atomic E-state index is 12.0. The van der Waals surface area contributed by atoms with Crippen LogP contribution in [0.25, 0.3) is 10.8 Å². The molecule has 2 aliphatic rings. The second-order valence-electron chi connectivity index (χ2n) is 6.86. The first-order chi connectivity index (χ1) is 11.5. The van der Waals surface area contributed by atoms with Crippen molar-refractivity contribution in [2.24, 2.45) is 17.8 Å². The molecule has 24 heavy (non-hydrogen) atoms. The fraction of sp³-hybridized carbons (Fsp3) is 0.368. The Labute approximate surface area is 139 Å². The molecule has 4 atom stereocenters. The summed E-state index contributed by atoms with van der Waals surface area (Å²) < 4.78 is 0. The van der Waals surface area contributed by atoms with Crippen molar-refractivity contribution < 1.29 is 19.8 Å². The van der Waals surface area contributed by atoms with Gasteiger partial charge in [-0.3, -0.25) is 14.9 Å². The third kappa shape index (κ3) is 2.12. The Balaban J connectivity index is 1.61. The van der Waals surface area contributed by atoms with E-state index in [2.05, 4.69) is 5.32 Å². The zero-order valence-corrected chi connectivity index (χ0v) is 13.1. The largest absolute Gasteiger partial charge is 0.481 e. The van der Waals surface area contributed by atoms with Crippen molar-refractivity contribution in [3.63, 3.8) is 0 Å². The highest BCUT2D eigenvalue weighted by Gasteiger charge is 2.71. The van der Waals surface area contributed by atoms with Gasteiger partial charge in [-0.05, 0) is 35.1 Å².